The normalized spacial score (nSPS) is 19.4. The van der Waals surface area contributed by atoms with E-state index in [4.69, 9.17) is 5.73 Å². The van der Waals surface area contributed by atoms with Crippen LogP contribution in [0.3, 0.4) is 0 Å². The minimum Gasteiger partial charge on any atom is -0.330 e. The molecule has 1 heterocycles. The molecule has 0 aromatic carbocycles. The molecule has 0 aliphatic heterocycles. The molecule has 1 aliphatic carbocycles. The van der Waals surface area contributed by atoms with Crippen molar-refractivity contribution in [3.63, 3.8) is 0 Å². The number of aromatic nitrogens is 3. The van der Waals surface area contributed by atoms with Crippen molar-refractivity contribution < 1.29 is 0 Å². The van der Waals surface area contributed by atoms with Gasteiger partial charge in [-0.2, -0.15) is 0 Å². The van der Waals surface area contributed by atoms with Crippen molar-refractivity contribution in [3.8, 4) is 0 Å². The van der Waals surface area contributed by atoms with E-state index in [1.165, 1.54) is 32.1 Å². The Morgan fingerprint density at radius 1 is 1.41 bits per heavy atom. The van der Waals surface area contributed by atoms with Crippen molar-refractivity contribution in [3.05, 3.63) is 12.2 Å². The third-order valence-corrected chi connectivity index (χ3v) is 3.85. The lowest BCUT2D eigenvalue weighted by Gasteiger charge is -2.25. The summed E-state index contributed by atoms with van der Waals surface area (Å²) in [7, 11) is 0. The van der Waals surface area contributed by atoms with Crippen molar-refractivity contribution in [2.75, 3.05) is 6.54 Å². The standard InChI is InChI=1S/C13H24N4/c1-11(6-5-9-14)13-16-15-10-17(13)12-7-3-2-4-8-12/h10-12H,2-9,14H2,1H3. The van der Waals surface area contributed by atoms with Gasteiger partial charge in [-0.1, -0.05) is 26.2 Å². The van der Waals surface area contributed by atoms with Crippen molar-refractivity contribution in [2.24, 2.45) is 5.73 Å². The molecular weight excluding hydrogens is 212 g/mol. The van der Waals surface area contributed by atoms with Gasteiger partial charge in [-0.25, -0.2) is 0 Å². The molecule has 1 aromatic rings. The van der Waals surface area contributed by atoms with Crippen molar-refractivity contribution in [1.29, 1.82) is 0 Å². The lowest BCUT2D eigenvalue weighted by molar-refractivity contribution is 0.339. The second-order valence-corrected chi connectivity index (χ2v) is 5.22. The summed E-state index contributed by atoms with van der Waals surface area (Å²) in [5.41, 5.74) is 5.57. The fourth-order valence-corrected chi connectivity index (χ4v) is 2.80. The Bertz CT molecular complexity index is 328. The first kappa shape index (κ1) is 12.6. The van der Waals surface area contributed by atoms with E-state index in [1.54, 1.807) is 0 Å². The Hall–Kier alpha value is -0.900. The molecule has 0 amide bonds. The van der Waals surface area contributed by atoms with Crippen LogP contribution >= 0.6 is 0 Å². The predicted molar refractivity (Wildman–Crippen MR) is 68.8 cm³/mol. The van der Waals surface area contributed by atoms with Crippen LogP contribution in [0.2, 0.25) is 0 Å². The van der Waals surface area contributed by atoms with Gasteiger partial charge in [0.05, 0.1) is 0 Å². The Balaban J connectivity index is 2.04. The van der Waals surface area contributed by atoms with Crippen LogP contribution in [0.15, 0.2) is 6.33 Å². The highest BCUT2D eigenvalue weighted by molar-refractivity contribution is 4.97. The van der Waals surface area contributed by atoms with Gasteiger partial charge in [-0.15, -0.1) is 10.2 Å². The van der Waals surface area contributed by atoms with Gasteiger partial charge >= 0.3 is 0 Å². The maximum Gasteiger partial charge on any atom is 0.135 e. The smallest absolute Gasteiger partial charge is 0.135 e. The second-order valence-electron chi connectivity index (χ2n) is 5.22. The summed E-state index contributed by atoms with van der Waals surface area (Å²) in [6.07, 6.45) is 10.8. The van der Waals surface area contributed by atoms with Crippen LogP contribution in [0.25, 0.3) is 0 Å². The number of nitrogens with two attached hydrogens (primary N) is 1. The SMILES string of the molecule is CC(CCCN)c1nncn1C1CCCCC1. The van der Waals surface area contributed by atoms with E-state index in [0.29, 0.717) is 12.0 Å². The van der Waals surface area contributed by atoms with Gasteiger partial charge in [0, 0.05) is 12.0 Å². The van der Waals surface area contributed by atoms with Crippen LogP contribution < -0.4 is 5.73 Å². The van der Waals surface area contributed by atoms with Gasteiger partial charge in [0.15, 0.2) is 0 Å². The molecule has 2 N–H and O–H groups in total. The zero-order valence-corrected chi connectivity index (χ0v) is 10.8. The van der Waals surface area contributed by atoms with Gasteiger partial charge in [0.25, 0.3) is 0 Å². The molecule has 1 saturated carbocycles. The zero-order valence-electron chi connectivity index (χ0n) is 10.8. The Morgan fingerprint density at radius 2 is 2.18 bits per heavy atom. The van der Waals surface area contributed by atoms with Gasteiger partial charge in [-0.3, -0.25) is 0 Å². The fourth-order valence-electron chi connectivity index (χ4n) is 2.80. The quantitative estimate of drug-likeness (QED) is 0.855. The maximum absolute atomic E-state index is 5.57. The van der Waals surface area contributed by atoms with E-state index in [-0.39, 0.29) is 0 Å². The van der Waals surface area contributed by atoms with Gasteiger partial charge in [0.1, 0.15) is 12.2 Å². The summed E-state index contributed by atoms with van der Waals surface area (Å²) in [5, 5.41) is 8.42. The highest BCUT2D eigenvalue weighted by atomic mass is 15.3. The minimum absolute atomic E-state index is 0.475. The van der Waals surface area contributed by atoms with Crippen LogP contribution in [-0.2, 0) is 0 Å². The van der Waals surface area contributed by atoms with Crippen LogP contribution in [0, 0.1) is 0 Å². The average molecular weight is 236 g/mol. The molecule has 1 fully saturated rings. The number of nitrogens with zero attached hydrogens (tertiary/aromatic N) is 3. The first-order valence-corrected chi connectivity index (χ1v) is 6.92. The highest BCUT2D eigenvalue weighted by Crippen LogP contribution is 2.31. The lowest BCUT2D eigenvalue weighted by atomic mass is 9.94. The van der Waals surface area contributed by atoms with Crippen molar-refractivity contribution >= 4 is 0 Å². The molecule has 0 radical (unpaired) electrons. The molecule has 0 bridgehead atoms. The molecule has 96 valence electrons. The Labute approximate surface area is 104 Å². The van der Waals surface area contributed by atoms with E-state index < -0.39 is 0 Å². The number of hydrogen-bond donors (Lipinski definition) is 1. The van der Waals surface area contributed by atoms with Gasteiger partial charge < -0.3 is 10.3 Å². The first-order valence-electron chi connectivity index (χ1n) is 6.92. The van der Waals surface area contributed by atoms with Gasteiger partial charge in [0.2, 0.25) is 0 Å². The third kappa shape index (κ3) is 3.06. The van der Waals surface area contributed by atoms with Crippen molar-refractivity contribution in [2.45, 2.75) is 63.8 Å². The van der Waals surface area contributed by atoms with Crippen LogP contribution in [0.1, 0.15) is 69.7 Å². The van der Waals surface area contributed by atoms with E-state index in [0.717, 1.165) is 25.2 Å². The summed E-state index contributed by atoms with van der Waals surface area (Å²) in [6, 6.07) is 0.633. The van der Waals surface area contributed by atoms with E-state index in [1.807, 2.05) is 6.33 Å². The summed E-state index contributed by atoms with van der Waals surface area (Å²) in [4.78, 5) is 0. The molecule has 1 unspecified atom stereocenters. The molecule has 1 aliphatic rings. The first-order chi connectivity index (χ1) is 8.33. The Kier molecular flexibility index (Phi) is 4.54. The molecule has 4 nitrogen and oxygen atoms in total. The van der Waals surface area contributed by atoms with Crippen LogP contribution in [-0.4, -0.2) is 21.3 Å². The van der Waals surface area contributed by atoms with Crippen molar-refractivity contribution in [1.82, 2.24) is 14.8 Å². The molecule has 0 saturated heterocycles. The topological polar surface area (TPSA) is 56.7 Å². The summed E-state index contributed by atoms with van der Waals surface area (Å²) >= 11 is 0. The lowest BCUT2D eigenvalue weighted by Crippen LogP contribution is -2.16. The molecule has 1 atom stereocenters. The summed E-state index contributed by atoms with van der Waals surface area (Å²) in [5.74, 6) is 1.63. The van der Waals surface area contributed by atoms with E-state index >= 15 is 0 Å². The third-order valence-electron chi connectivity index (χ3n) is 3.85. The maximum atomic E-state index is 5.57. The summed E-state index contributed by atoms with van der Waals surface area (Å²) < 4.78 is 2.32. The molecule has 1 aromatic heterocycles. The molecular formula is C13H24N4. The van der Waals surface area contributed by atoms with Crippen LogP contribution in [0.4, 0.5) is 0 Å². The zero-order chi connectivity index (χ0) is 12.1. The van der Waals surface area contributed by atoms with E-state index in [2.05, 4.69) is 21.7 Å². The largest absolute Gasteiger partial charge is 0.330 e. The molecule has 2 rings (SSSR count). The monoisotopic (exact) mass is 236 g/mol. The molecule has 4 heteroatoms. The molecule has 17 heavy (non-hydrogen) atoms. The number of hydrogen-bond acceptors (Lipinski definition) is 3. The Morgan fingerprint density at radius 3 is 2.88 bits per heavy atom. The number of rotatable bonds is 5. The fraction of sp³-hybridized carbons (Fsp3) is 0.846. The molecule has 0 spiro atoms. The minimum atomic E-state index is 0.475. The van der Waals surface area contributed by atoms with E-state index in [9.17, 15) is 0 Å². The highest BCUT2D eigenvalue weighted by Gasteiger charge is 2.21. The predicted octanol–water partition coefficient (Wildman–Crippen LogP) is 2.63. The second kappa shape index (κ2) is 6.15. The van der Waals surface area contributed by atoms with Crippen LogP contribution in [0.5, 0.6) is 0 Å². The summed E-state index contributed by atoms with van der Waals surface area (Å²) in [6.45, 7) is 3.00. The van der Waals surface area contributed by atoms with Gasteiger partial charge in [-0.05, 0) is 32.2 Å². The average Bonchev–Trinajstić information content (AvgIpc) is 2.86.